The molecule has 42 heavy (non-hydrogen) atoms. The predicted octanol–water partition coefficient (Wildman–Crippen LogP) is -4.18. The second kappa shape index (κ2) is 28.8. The molecule has 16 heteroatoms. The lowest BCUT2D eigenvalue weighted by molar-refractivity contribution is -0.137. The maximum absolute atomic E-state index is 9.64. The summed E-state index contributed by atoms with van der Waals surface area (Å²) in [7, 11) is 0. The van der Waals surface area contributed by atoms with Crippen LogP contribution in [0.15, 0.2) is 12.7 Å². The third-order valence-electron chi connectivity index (χ3n) is 5.16. The molecule has 0 aromatic heterocycles. The molecule has 0 radical (unpaired) electrons. The summed E-state index contributed by atoms with van der Waals surface area (Å²) >= 11 is 0. The van der Waals surface area contributed by atoms with Crippen molar-refractivity contribution in [1.29, 1.82) is 0 Å². The van der Waals surface area contributed by atoms with Gasteiger partial charge in [-0.15, -0.1) is 6.58 Å². The molecule has 0 bridgehead atoms. The number of aliphatic hydroxyl groups is 8. The van der Waals surface area contributed by atoms with Gasteiger partial charge in [-0.1, -0.05) is 6.08 Å². The molecule has 7 unspecified atom stereocenters. The fourth-order valence-electron chi connectivity index (χ4n) is 2.88. The highest BCUT2D eigenvalue weighted by molar-refractivity contribution is 4.66. The van der Waals surface area contributed by atoms with Crippen molar-refractivity contribution in [3.63, 3.8) is 0 Å². The van der Waals surface area contributed by atoms with Crippen LogP contribution >= 0.6 is 0 Å². The molecule has 0 fully saturated rings. The fraction of sp³-hybridized carbons (Fsp3) is 0.923. The number of hydrogen-bond donors (Lipinski definition) is 8. The fourth-order valence-corrected chi connectivity index (χ4v) is 2.88. The maximum Gasteiger partial charge on any atom is 0.104 e. The molecule has 0 aliphatic carbocycles. The van der Waals surface area contributed by atoms with Crippen LogP contribution in [0.2, 0.25) is 0 Å². The van der Waals surface area contributed by atoms with E-state index in [1.807, 2.05) is 0 Å². The minimum Gasteiger partial charge on any atom is -0.394 e. The number of ether oxygens (including phenoxy) is 8. The van der Waals surface area contributed by atoms with E-state index in [2.05, 4.69) is 6.58 Å². The van der Waals surface area contributed by atoms with Crippen molar-refractivity contribution in [1.82, 2.24) is 0 Å². The van der Waals surface area contributed by atoms with Crippen LogP contribution in [-0.2, 0) is 37.9 Å². The van der Waals surface area contributed by atoms with Gasteiger partial charge in [0.1, 0.15) is 42.7 Å². The molecule has 252 valence electrons. The standard InChI is InChI=1S/C26H52O16/c1-2-3-35-4-5-36-14-24(42-19-26(41-13-23(34)9-30)18-38-11-21(32)7-28)16-39-17-25(40-12-22(33)8-29)15-37-10-20(31)6-27/h2,20-34H,1,3-19H2. The quantitative estimate of drug-likeness (QED) is 0.0263. The first-order chi connectivity index (χ1) is 20.3. The lowest BCUT2D eigenvalue weighted by atomic mass is 10.3. The Bertz CT molecular complexity index is 589. The van der Waals surface area contributed by atoms with E-state index in [-0.39, 0.29) is 72.7 Å². The van der Waals surface area contributed by atoms with Crippen molar-refractivity contribution in [2.24, 2.45) is 0 Å². The normalized spacial score (nSPS) is 17.0. The van der Waals surface area contributed by atoms with E-state index in [4.69, 9.17) is 58.3 Å². The average molecular weight is 621 g/mol. The van der Waals surface area contributed by atoms with E-state index in [0.29, 0.717) is 13.2 Å². The van der Waals surface area contributed by atoms with Crippen LogP contribution in [-0.4, -0.2) is 196 Å². The van der Waals surface area contributed by atoms with Gasteiger partial charge in [-0.2, -0.15) is 0 Å². The molecule has 0 aliphatic rings. The van der Waals surface area contributed by atoms with E-state index in [1.165, 1.54) is 0 Å². The van der Waals surface area contributed by atoms with Crippen molar-refractivity contribution >= 4 is 0 Å². The minimum atomic E-state index is -1.12. The van der Waals surface area contributed by atoms with Gasteiger partial charge >= 0.3 is 0 Å². The van der Waals surface area contributed by atoms with Crippen molar-refractivity contribution in [3.8, 4) is 0 Å². The Labute approximate surface area is 246 Å². The summed E-state index contributed by atoms with van der Waals surface area (Å²) < 4.78 is 44.5. The van der Waals surface area contributed by atoms with Crippen LogP contribution in [0.5, 0.6) is 0 Å². The third-order valence-corrected chi connectivity index (χ3v) is 5.16. The van der Waals surface area contributed by atoms with Gasteiger partial charge in [0.15, 0.2) is 0 Å². The molecular formula is C26H52O16. The summed E-state index contributed by atoms with van der Waals surface area (Å²) in [6.45, 7) is 1.91. The van der Waals surface area contributed by atoms with Crippen LogP contribution < -0.4 is 0 Å². The Morgan fingerprint density at radius 2 is 0.762 bits per heavy atom. The summed E-state index contributed by atoms with van der Waals surface area (Å²) in [5.41, 5.74) is 0. The van der Waals surface area contributed by atoms with Crippen molar-refractivity contribution < 1.29 is 78.7 Å². The Balaban J connectivity index is 5.09. The topological polar surface area (TPSA) is 236 Å². The zero-order chi connectivity index (χ0) is 31.4. The number of rotatable bonds is 32. The molecule has 0 saturated carbocycles. The highest BCUT2D eigenvalue weighted by atomic mass is 16.6. The van der Waals surface area contributed by atoms with Crippen molar-refractivity contribution in [2.45, 2.75) is 42.7 Å². The predicted molar refractivity (Wildman–Crippen MR) is 146 cm³/mol. The smallest absolute Gasteiger partial charge is 0.104 e. The molecule has 7 atom stereocenters. The molecule has 0 aliphatic heterocycles. The SMILES string of the molecule is C=CCOCCOCC(COCC(COCC(O)CO)OCC(O)CO)OCC(COCC(O)CO)OCC(O)CO. The zero-order valence-electron chi connectivity index (χ0n) is 24.2. The Morgan fingerprint density at radius 3 is 1.19 bits per heavy atom. The van der Waals surface area contributed by atoms with E-state index < -0.39 is 69.2 Å². The molecule has 0 amide bonds. The largest absolute Gasteiger partial charge is 0.394 e. The van der Waals surface area contributed by atoms with Gasteiger partial charge in [-0.3, -0.25) is 0 Å². The minimum absolute atomic E-state index is 0.0134. The summed E-state index contributed by atoms with van der Waals surface area (Å²) in [5.74, 6) is 0. The third kappa shape index (κ3) is 24.5. The summed E-state index contributed by atoms with van der Waals surface area (Å²) in [5, 5.41) is 74.2. The van der Waals surface area contributed by atoms with Gasteiger partial charge in [0, 0.05) is 0 Å². The Hall–Kier alpha value is -0.900. The second-order valence-electron chi connectivity index (χ2n) is 9.26. The van der Waals surface area contributed by atoms with Crippen molar-refractivity contribution in [2.75, 3.05) is 112 Å². The molecule has 0 aromatic carbocycles. The van der Waals surface area contributed by atoms with E-state index >= 15 is 0 Å². The molecular weight excluding hydrogens is 568 g/mol. The molecule has 0 aromatic rings. The van der Waals surface area contributed by atoms with Gasteiger partial charge in [-0.05, 0) is 0 Å². The average Bonchev–Trinajstić information content (AvgIpc) is 3.00. The lowest BCUT2D eigenvalue weighted by Gasteiger charge is -2.25. The molecule has 0 spiro atoms. The van der Waals surface area contributed by atoms with E-state index in [1.54, 1.807) is 6.08 Å². The van der Waals surface area contributed by atoms with Crippen LogP contribution in [0.3, 0.4) is 0 Å². The lowest BCUT2D eigenvalue weighted by Crippen LogP contribution is -2.37. The number of hydrogen-bond acceptors (Lipinski definition) is 16. The molecule has 8 N–H and O–H groups in total. The molecule has 0 rings (SSSR count). The first-order valence-electron chi connectivity index (χ1n) is 13.8. The summed E-state index contributed by atoms with van der Waals surface area (Å²) in [6.07, 6.45) is -4.77. The first kappa shape index (κ1) is 41.1. The highest BCUT2D eigenvalue weighted by Crippen LogP contribution is 2.05. The zero-order valence-corrected chi connectivity index (χ0v) is 24.2. The Morgan fingerprint density at radius 1 is 0.429 bits per heavy atom. The van der Waals surface area contributed by atoms with Gasteiger partial charge in [-0.25, -0.2) is 0 Å². The first-order valence-corrected chi connectivity index (χ1v) is 13.8. The van der Waals surface area contributed by atoms with Crippen LogP contribution in [0.4, 0.5) is 0 Å². The highest BCUT2D eigenvalue weighted by Gasteiger charge is 2.20. The van der Waals surface area contributed by atoms with Gasteiger partial charge in [0.25, 0.3) is 0 Å². The van der Waals surface area contributed by atoms with Crippen LogP contribution in [0.25, 0.3) is 0 Å². The summed E-state index contributed by atoms with van der Waals surface area (Å²) in [6, 6.07) is 0. The Kier molecular flexibility index (Phi) is 28.2. The van der Waals surface area contributed by atoms with Crippen molar-refractivity contribution in [3.05, 3.63) is 12.7 Å². The molecule has 16 nitrogen and oxygen atoms in total. The maximum atomic E-state index is 9.64. The molecule has 0 heterocycles. The number of aliphatic hydroxyl groups excluding tert-OH is 8. The second-order valence-corrected chi connectivity index (χ2v) is 9.26. The van der Waals surface area contributed by atoms with Crippen LogP contribution in [0, 0.1) is 0 Å². The summed E-state index contributed by atoms with van der Waals surface area (Å²) in [4.78, 5) is 0. The van der Waals surface area contributed by atoms with Gasteiger partial charge in [0.2, 0.25) is 0 Å². The van der Waals surface area contributed by atoms with E-state index in [9.17, 15) is 20.4 Å². The monoisotopic (exact) mass is 620 g/mol. The van der Waals surface area contributed by atoms with Crippen LogP contribution in [0.1, 0.15) is 0 Å². The van der Waals surface area contributed by atoms with Gasteiger partial charge < -0.3 is 78.7 Å². The van der Waals surface area contributed by atoms with E-state index in [0.717, 1.165) is 0 Å². The molecule has 0 saturated heterocycles. The van der Waals surface area contributed by atoms with Gasteiger partial charge in [0.05, 0.1) is 112 Å².